The van der Waals surface area contributed by atoms with Crippen molar-refractivity contribution in [1.82, 2.24) is 0 Å². The molecule has 0 amide bonds. The molecule has 0 aromatic carbocycles. The quantitative estimate of drug-likeness (QED) is 0.538. The third-order valence-corrected chi connectivity index (χ3v) is 2.13. The van der Waals surface area contributed by atoms with Crippen molar-refractivity contribution in [3.63, 3.8) is 0 Å². The molecule has 1 aliphatic rings. The third-order valence-electron chi connectivity index (χ3n) is 0.985. The zero-order valence-electron chi connectivity index (χ0n) is 4.77. The van der Waals surface area contributed by atoms with Gasteiger partial charge in [0.05, 0.1) is 4.48 Å². The molecule has 0 spiro atoms. The minimum Gasteiger partial charge on any atom is -0.177 e. The first-order valence-corrected chi connectivity index (χ1v) is 3.13. The molecule has 1 rings (SSSR count). The number of azo groups is 1. The molecule has 0 saturated heterocycles. The van der Waals surface area contributed by atoms with Gasteiger partial charge in [-0.1, -0.05) is 15.9 Å². The summed E-state index contributed by atoms with van der Waals surface area (Å²) in [7, 11) is 0. The number of nitrogens with zero attached hydrogens (tertiary/aromatic N) is 2. The summed E-state index contributed by atoms with van der Waals surface area (Å²) >= 11 is 3.28. The normalized spacial score (nSPS) is 23.6. The third kappa shape index (κ3) is 0.823. The standard InChI is InChI=1S/C5H6BrN2/c1-5(2)4(6)3-7-8-5/h1-2H3. The Morgan fingerprint density at radius 1 is 1.62 bits per heavy atom. The molecule has 0 atom stereocenters. The van der Waals surface area contributed by atoms with Gasteiger partial charge in [-0.3, -0.25) is 0 Å². The highest BCUT2D eigenvalue weighted by atomic mass is 79.9. The van der Waals surface area contributed by atoms with Gasteiger partial charge in [-0.25, -0.2) is 0 Å². The molecule has 0 aliphatic carbocycles. The number of hydrogen-bond donors (Lipinski definition) is 0. The van der Waals surface area contributed by atoms with E-state index in [-0.39, 0.29) is 5.54 Å². The minimum atomic E-state index is -0.167. The summed E-state index contributed by atoms with van der Waals surface area (Å²) in [5, 5.41) is 7.49. The minimum absolute atomic E-state index is 0.167. The van der Waals surface area contributed by atoms with Gasteiger partial charge >= 0.3 is 0 Å². The van der Waals surface area contributed by atoms with Gasteiger partial charge in [0, 0.05) is 0 Å². The molecule has 0 fully saturated rings. The van der Waals surface area contributed by atoms with E-state index in [2.05, 4.69) is 32.4 Å². The van der Waals surface area contributed by atoms with E-state index in [0.29, 0.717) is 0 Å². The Morgan fingerprint density at radius 2 is 2.25 bits per heavy atom. The van der Waals surface area contributed by atoms with Gasteiger partial charge in [0.25, 0.3) is 0 Å². The van der Waals surface area contributed by atoms with Crippen LogP contribution in [0.3, 0.4) is 0 Å². The molecule has 2 nitrogen and oxygen atoms in total. The van der Waals surface area contributed by atoms with E-state index in [4.69, 9.17) is 0 Å². The van der Waals surface area contributed by atoms with E-state index in [1.807, 2.05) is 13.8 Å². The molecule has 8 heavy (non-hydrogen) atoms. The molecule has 0 bridgehead atoms. The summed E-state index contributed by atoms with van der Waals surface area (Å²) < 4.78 is 0.921. The monoisotopic (exact) mass is 173 g/mol. The van der Waals surface area contributed by atoms with E-state index in [1.165, 1.54) is 0 Å². The fraction of sp³-hybridized carbons (Fsp3) is 0.600. The Hall–Kier alpha value is -0.180. The largest absolute Gasteiger partial charge is 0.177 e. The van der Waals surface area contributed by atoms with Gasteiger partial charge in [0.1, 0.15) is 11.7 Å². The summed E-state index contributed by atoms with van der Waals surface area (Å²) in [4.78, 5) is 0. The Kier molecular flexibility index (Phi) is 1.23. The summed E-state index contributed by atoms with van der Waals surface area (Å²) in [6.07, 6.45) is 2.70. The first kappa shape index (κ1) is 5.95. The van der Waals surface area contributed by atoms with Crippen molar-refractivity contribution in [2.45, 2.75) is 19.4 Å². The van der Waals surface area contributed by atoms with Crippen molar-refractivity contribution in [3.05, 3.63) is 10.7 Å². The predicted octanol–water partition coefficient (Wildman–Crippen LogP) is 2.27. The predicted molar refractivity (Wildman–Crippen MR) is 34.6 cm³/mol. The molecular formula is C5H6BrN2. The van der Waals surface area contributed by atoms with Crippen molar-refractivity contribution in [2.75, 3.05) is 0 Å². The fourth-order valence-corrected chi connectivity index (χ4v) is 0.533. The van der Waals surface area contributed by atoms with Gasteiger partial charge in [-0.15, -0.1) is 0 Å². The Morgan fingerprint density at radius 3 is 2.38 bits per heavy atom. The SMILES string of the molecule is CC1(C)N=N[C]=C1Br. The second-order valence-corrected chi connectivity index (χ2v) is 2.98. The lowest BCUT2D eigenvalue weighted by molar-refractivity contribution is 0.637. The Bertz CT molecular complexity index is 158. The van der Waals surface area contributed by atoms with Gasteiger partial charge in [0.2, 0.25) is 0 Å². The van der Waals surface area contributed by atoms with Gasteiger partial charge in [-0.05, 0) is 13.8 Å². The molecule has 1 heterocycles. The lowest BCUT2D eigenvalue weighted by atomic mass is 10.1. The zero-order valence-corrected chi connectivity index (χ0v) is 6.36. The number of rotatable bonds is 0. The van der Waals surface area contributed by atoms with Crippen LogP contribution < -0.4 is 0 Å². The summed E-state index contributed by atoms with van der Waals surface area (Å²) in [6, 6.07) is 0. The zero-order chi connectivity index (χ0) is 6.20. The lowest BCUT2D eigenvalue weighted by Gasteiger charge is -2.09. The summed E-state index contributed by atoms with van der Waals surface area (Å²) in [5.41, 5.74) is -0.167. The summed E-state index contributed by atoms with van der Waals surface area (Å²) in [6.45, 7) is 3.95. The maximum atomic E-state index is 3.88. The van der Waals surface area contributed by atoms with Crippen LogP contribution in [0.4, 0.5) is 0 Å². The van der Waals surface area contributed by atoms with Crippen LogP contribution in [-0.4, -0.2) is 5.54 Å². The highest BCUT2D eigenvalue weighted by Crippen LogP contribution is 2.29. The van der Waals surface area contributed by atoms with E-state index in [1.54, 1.807) is 0 Å². The Balaban J connectivity index is 2.87. The maximum Gasteiger partial charge on any atom is 0.126 e. The van der Waals surface area contributed by atoms with Crippen LogP contribution in [0.5, 0.6) is 0 Å². The van der Waals surface area contributed by atoms with Crippen LogP contribution >= 0.6 is 15.9 Å². The van der Waals surface area contributed by atoms with Crippen LogP contribution in [0.15, 0.2) is 14.7 Å². The van der Waals surface area contributed by atoms with Crippen LogP contribution in [-0.2, 0) is 0 Å². The van der Waals surface area contributed by atoms with E-state index < -0.39 is 0 Å². The Labute approximate surface area is 56.8 Å². The molecule has 0 aromatic heterocycles. The van der Waals surface area contributed by atoms with E-state index in [0.717, 1.165) is 4.48 Å². The van der Waals surface area contributed by atoms with Crippen molar-refractivity contribution < 1.29 is 0 Å². The molecule has 1 aliphatic heterocycles. The van der Waals surface area contributed by atoms with E-state index in [9.17, 15) is 0 Å². The average molecular weight is 174 g/mol. The van der Waals surface area contributed by atoms with Gasteiger partial charge in [-0.2, -0.15) is 10.2 Å². The molecular weight excluding hydrogens is 168 g/mol. The summed E-state index contributed by atoms with van der Waals surface area (Å²) in [5.74, 6) is 0. The van der Waals surface area contributed by atoms with E-state index >= 15 is 0 Å². The molecule has 43 valence electrons. The van der Waals surface area contributed by atoms with Gasteiger partial charge < -0.3 is 0 Å². The van der Waals surface area contributed by atoms with Crippen molar-refractivity contribution in [3.8, 4) is 0 Å². The number of halogens is 1. The first-order chi connectivity index (χ1) is 3.63. The van der Waals surface area contributed by atoms with Crippen molar-refractivity contribution in [2.24, 2.45) is 10.2 Å². The molecule has 0 aromatic rings. The highest BCUT2D eigenvalue weighted by molar-refractivity contribution is 9.11. The molecule has 3 heteroatoms. The molecule has 1 radical (unpaired) electrons. The molecule has 0 saturated carbocycles. The molecule has 0 N–H and O–H groups in total. The van der Waals surface area contributed by atoms with Crippen LogP contribution in [0.2, 0.25) is 0 Å². The smallest absolute Gasteiger partial charge is 0.126 e. The van der Waals surface area contributed by atoms with Crippen LogP contribution in [0.25, 0.3) is 0 Å². The highest BCUT2D eigenvalue weighted by Gasteiger charge is 2.24. The topological polar surface area (TPSA) is 24.7 Å². The molecule has 0 unspecified atom stereocenters. The second kappa shape index (κ2) is 1.65. The van der Waals surface area contributed by atoms with Crippen molar-refractivity contribution in [1.29, 1.82) is 0 Å². The fourth-order valence-electron chi connectivity index (χ4n) is 0.375. The van der Waals surface area contributed by atoms with Crippen LogP contribution in [0.1, 0.15) is 13.8 Å². The number of hydrogen-bond acceptors (Lipinski definition) is 2. The average Bonchev–Trinajstić information content (AvgIpc) is 1.86. The van der Waals surface area contributed by atoms with Gasteiger partial charge in [0.15, 0.2) is 0 Å². The first-order valence-electron chi connectivity index (χ1n) is 2.34. The van der Waals surface area contributed by atoms with Crippen LogP contribution in [0, 0.1) is 6.20 Å². The second-order valence-electron chi connectivity index (χ2n) is 2.18. The lowest BCUT2D eigenvalue weighted by Crippen LogP contribution is -2.12. The maximum absolute atomic E-state index is 3.88. The van der Waals surface area contributed by atoms with Crippen molar-refractivity contribution >= 4 is 15.9 Å².